The van der Waals surface area contributed by atoms with Crippen molar-refractivity contribution in [3.05, 3.63) is 68.3 Å². The van der Waals surface area contributed by atoms with Gasteiger partial charge < -0.3 is 14.6 Å². The second-order valence-electron chi connectivity index (χ2n) is 5.29. The molecule has 1 N–H and O–H groups in total. The zero-order chi connectivity index (χ0) is 15.7. The van der Waals surface area contributed by atoms with Gasteiger partial charge in [-0.15, -0.1) is 0 Å². The van der Waals surface area contributed by atoms with Crippen LogP contribution in [0.1, 0.15) is 22.8 Å². The summed E-state index contributed by atoms with van der Waals surface area (Å²) < 4.78 is 20.2. The van der Waals surface area contributed by atoms with E-state index in [1.54, 1.807) is 23.9 Å². The Morgan fingerprint density at radius 1 is 1.45 bits per heavy atom. The molecule has 0 fully saturated rings. The molecule has 1 unspecified atom stereocenters. The fourth-order valence-corrected chi connectivity index (χ4v) is 2.93. The maximum Gasteiger partial charge on any atom is 0.257 e. The Kier molecular flexibility index (Phi) is 4.29. The lowest BCUT2D eigenvalue weighted by molar-refractivity contribution is 0.0938. The van der Waals surface area contributed by atoms with Gasteiger partial charge in [-0.2, -0.15) is 0 Å². The summed E-state index contributed by atoms with van der Waals surface area (Å²) in [4.78, 5) is 12.7. The van der Waals surface area contributed by atoms with Gasteiger partial charge in [0.25, 0.3) is 5.56 Å². The van der Waals surface area contributed by atoms with Crippen molar-refractivity contribution in [3.8, 4) is 0 Å². The van der Waals surface area contributed by atoms with E-state index in [0.717, 1.165) is 11.1 Å². The number of halogens is 2. The molecular formula is C16H16ClFN2O2. The minimum absolute atomic E-state index is 0.0578. The van der Waals surface area contributed by atoms with Gasteiger partial charge in [-0.05, 0) is 29.3 Å². The van der Waals surface area contributed by atoms with Gasteiger partial charge in [-0.25, -0.2) is 4.39 Å². The highest BCUT2D eigenvalue weighted by Gasteiger charge is 2.23. The number of fused-ring (bicyclic) bond motifs is 1. The minimum Gasteiger partial charge on any atom is -0.375 e. The average Bonchev–Trinajstić information content (AvgIpc) is 2.53. The van der Waals surface area contributed by atoms with Crippen molar-refractivity contribution in [2.24, 2.45) is 0 Å². The van der Waals surface area contributed by atoms with Crippen molar-refractivity contribution in [1.29, 1.82) is 0 Å². The molecule has 2 heterocycles. The van der Waals surface area contributed by atoms with Gasteiger partial charge in [0.05, 0.1) is 17.1 Å². The third-order valence-corrected chi connectivity index (χ3v) is 4.17. The molecule has 3 rings (SSSR count). The number of aromatic nitrogens is 1. The molecule has 0 saturated carbocycles. The van der Waals surface area contributed by atoms with E-state index in [1.165, 1.54) is 12.1 Å². The van der Waals surface area contributed by atoms with Gasteiger partial charge >= 0.3 is 0 Å². The summed E-state index contributed by atoms with van der Waals surface area (Å²) in [7, 11) is 1.60. The summed E-state index contributed by atoms with van der Waals surface area (Å²) in [5, 5.41) is 3.28. The first kappa shape index (κ1) is 15.2. The van der Waals surface area contributed by atoms with Crippen LogP contribution in [-0.2, 0) is 17.8 Å². The van der Waals surface area contributed by atoms with Gasteiger partial charge in [0.1, 0.15) is 11.9 Å². The van der Waals surface area contributed by atoms with E-state index in [2.05, 4.69) is 5.32 Å². The molecule has 1 aliphatic heterocycles. The number of methoxy groups -OCH3 is 1. The van der Waals surface area contributed by atoms with Crippen LogP contribution >= 0.6 is 11.6 Å². The lowest BCUT2D eigenvalue weighted by atomic mass is 10.0. The van der Waals surface area contributed by atoms with Crippen LogP contribution in [0.2, 0.25) is 5.02 Å². The Labute approximate surface area is 132 Å². The minimum atomic E-state index is -0.464. The predicted octanol–water partition coefficient (Wildman–Crippen LogP) is 2.48. The summed E-state index contributed by atoms with van der Waals surface area (Å²) in [5.74, 6) is -0.464. The van der Waals surface area contributed by atoms with Crippen LogP contribution in [0.25, 0.3) is 0 Å². The maximum absolute atomic E-state index is 13.2. The van der Waals surface area contributed by atoms with Crippen molar-refractivity contribution < 1.29 is 9.13 Å². The molecule has 1 aromatic carbocycles. The fraction of sp³-hybridized carbons (Fsp3) is 0.312. The van der Waals surface area contributed by atoms with Gasteiger partial charge in [-0.3, -0.25) is 4.79 Å². The summed E-state index contributed by atoms with van der Waals surface area (Å²) in [5.41, 5.74) is 2.34. The monoisotopic (exact) mass is 322 g/mol. The van der Waals surface area contributed by atoms with Crippen molar-refractivity contribution >= 4 is 11.6 Å². The fourth-order valence-electron chi connectivity index (χ4n) is 2.73. The molecule has 0 bridgehead atoms. The molecule has 2 aromatic rings. The standard InChI is InChI=1S/C16H16ClFN2O2/c1-22-14-8-19-7-11-4-5-20(16(21)15(11)14)9-10-2-3-13(18)12(17)6-10/h2-6,14,19H,7-9H2,1H3. The van der Waals surface area contributed by atoms with E-state index in [-0.39, 0.29) is 16.7 Å². The zero-order valence-electron chi connectivity index (χ0n) is 12.1. The van der Waals surface area contributed by atoms with Gasteiger partial charge in [0.15, 0.2) is 0 Å². The Balaban J connectivity index is 1.98. The second-order valence-corrected chi connectivity index (χ2v) is 5.70. The highest BCUT2D eigenvalue weighted by Crippen LogP contribution is 2.21. The zero-order valence-corrected chi connectivity index (χ0v) is 12.9. The molecule has 0 saturated heterocycles. The smallest absolute Gasteiger partial charge is 0.257 e. The van der Waals surface area contributed by atoms with Gasteiger partial charge in [0, 0.05) is 26.4 Å². The third kappa shape index (κ3) is 2.79. The summed E-state index contributed by atoms with van der Waals surface area (Å²) in [6.45, 7) is 1.62. The Bertz CT molecular complexity index is 760. The number of nitrogens with one attached hydrogen (secondary N) is 1. The lowest BCUT2D eigenvalue weighted by Gasteiger charge is -2.25. The van der Waals surface area contributed by atoms with E-state index in [9.17, 15) is 9.18 Å². The van der Waals surface area contributed by atoms with E-state index >= 15 is 0 Å². The number of nitrogens with zero attached hydrogens (tertiary/aromatic N) is 1. The second kappa shape index (κ2) is 6.20. The normalized spacial score (nSPS) is 17.3. The topological polar surface area (TPSA) is 43.3 Å². The number of pyridine rings is 1. The van der Waals surface area contributed by atoms with E-state index in [4.69, 9.17) is 16.3 Å². The van der Waals surface area contributed by atoms with Crippen LogP contribution in [-0.4, -0.2) is 18.2 Å². The van der Waals surface area contributed by atoms with Crippen molar-refractivity contribution in [2.45, 2.75) is 19.2 Å². The molecule has 1 aliphatic rings. The van der Waals surface area contributed by atoms with Crippen molar-refractivity contribution in [2.75, 3.05) is 13.7 Å². The van der Waals surface area contributed by atoms with Gasteiger partial charge in [0.2, 0.25) is 0 Å². The van der Waals surface area contributed by atoms with E-state index in [1.807, 2.05) is 6.07 Å². The molecular weight excluding hydrogens is 307 g/mol. The van der Waals surface area contributed by atoms with Crippen LogP contribution in [0.5, 0.6) is 0 Å². The molecule has 0 aliphatic carbocycles. The Morgan fingerprint density at radius 2 is 2.27 bits per heavy atom. The molecule has 1 aromatic heterocycles. The van der Waals surface area contributed by atoms with Crippen LogP contribution in [0.4, 0.5) is 4.39 Å². The van der Waals surface area contributed by atoms with Crippen LogP contribution < -0.4 is 10.9 Å². The highest BCUT2D eigenvalue weighted by molar-refractivity contribution is 6.30. The molecule has 0 amide bonds. The van der Waals surface area contributed by atoms with E-state index < -0.39 is 5.82 Å². The predicted molar refractivity (Wildman–Crippen MR) is 82.7 cm³/mol. The number of ether oxygens (including phenoxy) is 1. The largest absolute Gasteiger partial charge is 0.375 e. The molecule has 4 nitrogen and oxygen atoms in total. The third-order valence-electron chi connectivity index (χ3n) is 3.88. The molecule has 1 atom stereocenters. The molecule has 0 spiro atoms. The molecule has 116 valence electrons. The van der Waals surface area contributed by atoms with Crippen molar-refractivity contribution in [1.82, 2.24) is 9.88 Å². The number of hydrogen-bond donors (Lipinski definition) is 1. The number of benzene rings is 1. The molecule has 6 heteroatoms. The first-order chi connectivity index (χ1) is 10.6. The van der Waals surface area contributed by atoms with E-state index in [0.29, 0.717) is 25.2 Å². The Hall–Kier alpha value is -1.69. The maximum atomic E-state index is 13.2. The first-order valence-corrected chi connectivity index (χ1v) is 7.37. The lowest BCUT2D eigenvalue weighted by Crippen LogP contribution is -2.37. The SMILES string of the molecule is COC1CNCc2ccn(Cc3ccc(F)c(Cl)c3)c(=O)c21. The highest BCUT2D eigenvalue weighted by atomic mass is 35.5. The van der Waals surface area contributed by atoms with Crippen LogP contribution in [0.15, 0.2) is 35.3 Å². The Morgan fingerprint density at radius 3 is 3.00 bits per heavy atom. The number of hydrogen-bond acceptors (Lipinski definition) is 3. The summed E-state index contributed by atoms with van der Waals surface area (Å²) >= 11 is 5.79. The average molecular weight is 323 g/mol. The van der Waals surface area contributed by atoms with Crippen LogP contribution in [0, 0.1) is 5.82 Å². The molecule has 0 radical (unpaired) electrons. The van der Waals surface area contributed by atoms with Crippen molar-refractivity contribution in [3.63, 3.8) is 0 Å². The number of rotatable bonds is 3. The first-order valence-electron chi connectivity index (χ1n) is 7.00. The molecule has 22 heavy (non-hydrogen) atoms. The van der Waals surface area contributed by atoms with Gasteiger partial charge in [-0.1, -0.05) is 17.7 Å². The quantitative estimate of drug-likeness (QED) is 0.944. The summed E-state index contributed by atoms with van der Waals surface area (Å²) in [6, 6.07) is 6.39. The summed E-state index contributed by atoms with van der Waals surface area (Å²) in [6.07, 6.45) is 1.50. The van der Waals surface area contributed by atoms with Crippen LogP contribution in [0.3, 0.4) is 0 Å².